The average Bonchev–Trinajstić information content (AvgIpc) is 3.04. The fourth-order valence-corrected chi connectivity index (χ4v) is 6.30. The van der Waals surface area contributed by atoms with Crippen LogP contribution in [0.1, 0.15) is 46.5 Å². The third-order valence-corrected chi connectivity index (χ3v) is 8.18. The minimum atomic E-state index is -1.82. The van der Waals surface area contributed by atoms with Crippen molar-refractivity contribution in [1.82, 2.24) is 10.2 Å². The van der Waals surface area contributed by atoms with Gasteiger partial charge in [-0.05, 0) is 38.0 Å². The number of ether oxygens (including phenoxy) is 3. The minimum absolute atomic E-state index is 0.246. The van der Waals surface area contributed by atoms with Crippen LogP contribution in [0.4, 0.5) is 0 Å². The minimum Gasteiger partial charge on any atom is -0.473 e. The maximum absolute atomic E-state index is 9.10. The van der Waals surface area contributed by atoms with Gasteiger partial charge in [-0.1, -0.05) is 13.8 Å². The third-order valence-electron chi connectivity index (χ3n) is 8.18. The van der Waals surface area contributed by atoms with Crippen LogP contribution in [-0.2, 0) is 33.6 Å². The Morgan fingerprint density at radius 3 is 2.44 bits per heavy atom. The van der Waals surface area contributed by atoms with Gasteiger partial charge >= 0.3 is 11.9 Å². The van der Waals surface area contributed by atoms with E-state index in [9.17, 15) is 0 Å². The first-order valence-corrected chi connectivity index (χ1v) is 12.4. The molecule has 0 aromatic rings. The number of carboxylic acids is 2. The molecule has 0 amide bonds. The Labute approximate surface area is 199 Å². The van der Waals surface area contributed by atoms with Gasteiger partial charge in [0, 0.05) is 51.0 Å². The van der Waals surface area contributed by atoms with Crippen molar-refractivity contribution < 1.29 is 43.8 Å². The molecule has 6 aliphatic rings. The van der Waals surface area contributed by atoms with Crippen molar-refractivity contribution in [3.8, 4) is 0 Å². The number of hydrogen-bond donors (Lipinski definition) is 3. The monoisotopic (exact) mass is 486 g/mol. The summed E-state index contributed by atoms with van der Waals surface area (Å²) in [7, 11) is 0. The molecule has 0 radical (unpaired) electrons. The zero-order valence-corrected chi connectivity index (χ0v) is 20.2. The number of aliphatic carboxylic acids is 2. The molecule has 2 bridgehead atoms. The number of carbonyl (C=O) groups is 2. The summed E-state index contributed by atoms with van der Waals surface area (Å²) in [4.78, 5) is 32.7. The first-order chi connectivity index (χ1) is 16.2. The highest BCUT2D eigenvalue weighted by molar-refractivity contribution is 6.27. The Balaban J connectivity index is 0.000000408. The standard InChI is InChI=1S/C21H36N2O5.C2H2O4/c1-14-4-5-17-15(2)18(24-13-12-23-10-8-22-9-11-23)25-19-21(17)16(14)6-7-20(3,26-19)27-28-21;3-1(4)2(5)6/h14-19,22H,4-13H2,1-3H3;(H,3,4)(H,5,6)/t14-,15-,16+,17+,18+,19-,20-,21-;/m1./s1. The lowest BCUT2D eigenvalue weighted by molar-refractivity contribution is -0.577. The van der Waals surface area contributed by atoms with Crippen molar-refractivity contribution >= 4 is 11.9 Å². The molecule has 0 aromatic heterocycles. The van der Waals surface area contributed by atoms with Crippen LogP contribution in [0.15, 0.2) is 0 Å². The molecule has 5 heterocycles. The summed E-state index contributed by atoms with van der Waals surface area (Å²) in [5.41, 5.74) is -0.495. The normalized spacial score (nSPS) is 43.7. The summed E-state index contributed by atoms with van der Waals surface area (Å²) in [5.74, 6) is -2.78. The molecular weight excluding hydrogens is 448 g/mol. The molecule has 34 heavy (non-hydrogen) atoms. The van der Waals surface area contributed by atoms with E-state index in [1.807, 2.05) is 6.92 Å². The highest BCUT2D eigenvalue weighted by Crippen LogP contribution is 2.60. The second-order valence-electron chi connectivity index (χ2n) is 10.3. The molecule has 6 rings (SSSR count). The van der Waals surface area contributed by atoms with Gasteiger partial charge in [0.25, 0.3) is 0 Å². The third kappa shape index (κ3) is 4.97. The lowest BCUT2D eigenvalue weighted by atomic mass is 9.58. The van der Waals surface area contributed by atoms with E-state index in [1.54, 1.807) is 0 Å². The zero-order chi connectivity index (χ0) is 24.5. The average molecular weight is 487 g/mol. The van der Waals surface area contributed by atoms with E-state index in [-0.39, 0.29) is 12.2 Å². The fraction of sp³-hybridized carbons (Fsp3) is 0.913. The first kappa shape index (κ1) is 25.7. The fourth-order valence-electron chi connectivity index (χ4n) is 6.30. The van der Waals surface area contributed by atoms with Crippen molar-refractivity contribution in [2.45, 2.75) is 70.4 Å². The predicted octanol–water partition coefficient (Wildman–Crippen LogP) is 1.27. The summed E-state index contributed by atoms with van der Waals surface area (Å²) in [6, 6.07) is 0. The van der Waals surface area contributed by atoms with Crippen molar-refractivity contribution in [2.75, 3.05) is 39.3 Å². The van der Waals surface area contributed by atoms with Gasteiger partial charge in [-0.15, -0.1) is 0 Å². The van der Waals surface area contributed by atoms with Gasteiger partial charge in [-0.25, -0.2) is 19.4 Å². The molecule has 5 saturated heterocycles. The van der Waals surface area contributed by atoms with Crippen LogP contribution in [0, 0.1) is 23.7 Å². The van der Waals surface area contributed by atoms with Crippen LogP contribution in [0.5, 0.6) is 0 Å². The van der Waals surface area contributed by atoms with Crippen LogP contribution < -0.4 is 5.32 Å². The highest BCUT2D eigenvalue weighted by Gasteiger charge is 2.69. The van der Waals surface area contributed by atoms with Gasteiger partial charge in [0.1, 0.15) is 0 Å². The van der Waals surface area contributed by atoms with Crippen LogP contribution in [0.3, 0.4) is 0 Å². The lowest BCUT2D eigenvalue weighted by Gasteiger charge is -2.60. The number of nitrogens with one attached hydrogen (secondary N) is 1. The Kier molecular flexibility index (Phi) is 7.83. The maximum atomic E-state index is 9.10. The van der Waals surface area contributed by atoms with Crippen LogP contribution in [0.2, 0.25) is 0 Å². The Morgan fingerprint density at radius 2 is 1.76 bits per heavy atom. The van der Waals surface area contributed by atoms with Crippen molar-refractivity contribution in [3.63, 3.8) is 0 Å². The number of fused-ring (bicyclic) bond motifs is 2. The summed E-state index contributed by atoms with van der Waals surface area (Å²) in [6.07, 6.45) is 3.59. The van der Waals surface area contributed by atoms with Gasteiger partial charge in [0.2, 0.25) is 5.79 Å². The van der Waals surface area contributed by atoms with E-state index in [0.717, 1.165) is 52.0 Å². The predicted molar refractivity (Wildman–Crippen MR) is 117 cm³/mol. The van der Waals surface area contributed by atoms with Gasteiger partial charge in [-0.2, -0.15) is 0 Å². The second-order valence-corrected chi connectivity index (χ2v) is 10.3. The first-order valence-electron chi connectivity index (χ1n) is 12.4. The summed E-state index contributed by atoms with van der Waals surface area (Å²) >= 11 is 0. The van der Waals surface area contributed by atoms with E-state index in [4.69, 9.17) is 43.8 Å². The van der Waals surface area contributed by atoms with E-state index in [1.165, 1.54) is 6.42 Å². The van der Waals surface area contributed by atoms with E-state index in [0.29, 0.717) is 24.4 Å². The Hall–Kier alpha value is -1.34. The summed E-state index contributed by atoms with van der Waals surface area (Å²) < 4.78 is 19.1. The summed E-state index contributed by atoms with van der Waals surface area (Å²) in [6.45, 7) is 12.5. The van der Waals surface area contributed by atoms with Crippen LogP contribution in [-0.4, -0.2) is 90.4 Å². The molecule has 194 valence electrons. The summed E-state index contributed by atoms with van der Waals surface area (Å²) in [5, 5.41) is 18.2. The van der Waals surface area contributed by atoms with Crippen molar-refractivity contribution in [1.29, 1.82) is 0 Å². The molecule has 11 heteroatoms. The van der Waals surface area contributed by atoms with Crippen LogP contribution in [0.25, 0.3) is 0 Å². The molecule has 1 saturated carbocycles. The molecule has 8 atom stereocenters. The van der Waals surface area contributed by atoms with Gasteiger partial charge in [0.05, 0.1) is 6.61 Å². The quantitative estimate of drug-likeness (QED) is 0.391. The molecule has 6 fully saturated rings. The topological polar surface area (TPSA) is 136 Å². The van der Waals surface area contributed by atoms with Gasteiger partial charge in [0.15, 0.2) is 18.2 Å². The molecule has 0 unspecified atom stereocenters. The molecule has 1 spiro atoms. The number of nitrogens with zero attached hydrogens (tertiary/aromatic N) is 1. The van der Waals surface area contributed by atoms with E-state index < -0.39 is 29.6 Å². The molecule has 1 aliphatic carbocycles. The smallest absolute Gasteiger partial charge is 0.414 e. The van der Waals surface area contributed by atoms with Gasteiger partial charge < -0.3 is 29.7 Å². The number of carboxylic acid groups (broad SMARTS) is 2. The molecule has 11 nitrogen and oxygen atoms in total. The van der Waals surface area contributed by atoms with E-state index >= 15 is 0 Å². The van der Waals surface area contributed by atoms with Gasteiger partial charge in [-0.3, -0.25) is 4.90 Å². The Bertz CT molecular complexity index is 736. The molecule has 3 N–H and O–H groups in total. The van der Waals surface area contributed by atoms with E-state index in [2.05, 4.69) is 24.1 Å². The molecular formula is C23H38N2O9. The zero-order valence-electron chi connectivity index (χ0n) is 20.2. The second kappa shape index (κ2) is 10.3. The Morgan fingerprint density at radius 1 is 1.06 bits per heavy atom. The van der Waals surface area contributed by atoms with Crippen LogP contribution >= 0.6 is 0 Å². The lowest BCUT2D eigenvalue weighted by Crippen LogP contribution is -2.70. The maximum Gasteiger partial charge on any atom is 0.414 e. The van der Waals surface area contributed by atoms with Crippen molar-refractivity contribution in [3.05, 3.63) is 0 Å². The van der Waals surface area contributed by atoms with Crippen molar-refractivity contribution in [2.24, 2.45) is 23.7 Å². The number of rotatable bonds is 4. The molecule has 0 aromatic carbocycles. The largest absolute Gasteiger partial charge is 0.473 e. The number of hydrogen-bond acceptors (Lipinski definition) is 9. The molecule has 5 aliphatic heterocycles. The number of piperazine rings is 1. The SMILES string of the molecule is C[C@H]1[C@@H](OCCN2CCNCC2)O[C@@H]2O[C@@]3(C)CC[C@H]4[C@H](C)CC[C@@H]1[C@@]24OO3.O=C(O)C(=O)O. The highest BCUT2D eigenvalue weighted by atomic mass is 17.3.